The molecule has 0 aromatic heterocycles. The third-order valence-electron chi connectivity index (χ3n) is 4.26. The monoisotopic (exact) mass is 317 g/mol. The number of carbonyl (C=O) groups is 2. The number of fused-ring (bicyclic) bond motifs is 1. The van der Waals surface area contributed by atoms with Gasteiger partial charge in [0.15, 0.2) is 6.61 Å². The molecule has 2 aliphatic heterocycles. The summed E-state index contributed by atoms with van der Waals surface area (Å²) in [6.07, 6.45) is 4.71. The van der Waals surface area contributed by atoms with E-state index in [0.29, 0.717) is 23.5 Å². The fraction of sp³-hybridized carbons (Fsp3) is 0.529. The molecule has 2 N–H and O–H groups in total. The van der Waals surface area contributed by atoms with Crippen molar-refractivity contribution in [1.82, 2.24) is 10.2 Å². The third-order valence-corrected chi connectivity index (χ3v) is 4.26. The van der Waals surface area contributed by atoms with Crippen LogP contribution in [0.1, 0.15) is 36.0 Å². The molecule has 2 amide bonds. The van der Waals surface area contributed by atoms with Crippen LogP contribution in [-0.4, -0.2) is 49.5 Å². The predicted octanol–water partition coefficient (Wildman–Crippen LogP) is 1.62. The van der Waals surface area contributed by atoms with Crippen LogP contribution in [0, 0.1) is 0 Å². The van der Waals surface area contributed by atoms with Crippen LogP contribution in [0.25, 0.3) is 0 Å². The van der Waals surface area contributed by atoms with Crippen molar-refractivity contribution in [1.29, 1.82) is 0 Å². The number of nitrogens with zero attached hydrogens (tertiary/aromatic N) is 1. The zero-order valence-corrected chi connectivity index (χ0v) is 13.3. The van der Waals surface area contributed by atoms with Crippen LogP contribution in [0.15, 0.2) is 18.2 Å². The first-order valence-corrected chi connectivity index (χ1v) is 8.29. The summed E-state index contributed by atoms with van der Waals surface area (Å²) >= 11 is 0. The first kappa shape index (κ1) is 15.8. The maximum Gasteiger partial charge on any atom is 0.262 e. The highest BCUT2D eigenvalue weighted by Crippen LogP contribution is 2.28. The summed E-state index contributed by atoms with van der Waals surface area (Å²) in [7, 11) is 0. The van der Waals surface area contributed by atoms with Gasteiger partial charge in [-0.3, -0.25) is 9.59 Å². The molecule has 124 valence electrons. The Morgan fingerprint density at radius 1 is 1.26 bits per heavy atom. The molecule has 0 saturated carbocycles. The number of ether oxygens (including phenoxy) is 1. The van der Waals surface area contributed by atoms with E-state index in [2.05, 4.69) is 15.5 Å². The Bertz CT molecular complexity index is 582. The van der Waals surface area contributed by atoms with Gasteiger partial charge in [-0.1, -0.05) is 0 Å². The van der Waals surface area contributed by atoms with Gasteiger partial charge in [-0.25, -0.2) is 0 Å². The van der Waals surface area contributed by atoms with E-state index in [-0.39, 0.29) is 18.4 Å². The average molecular weight is 317 g/mol. The molecule has 1 saturated heterocycles. The largest absolute Gasteiger partial charge is 0.482 e. The molecule has 1 aromatic carbocycles. The van der Waals surface area contributed by atoms with Gasteiger partial charge >= 0.3 is 0 Å². The molecule has 0 unspecified atom stereocenters. The fourth-order valence-electron chi connectivity index (χ4n) is 2.99. The van der Waals surface area contributed by atoms with Crippen LogP contribution >= 0.6 is 0 Å². The quantitative estimate of drug-likeness (QED) is 0.782. The van der Waals surface area contributed by atoms with Crippen LogP contribution in [0.2, 0.25) is 0 Å². The maximum atomic E-state index is 12.2. The van der Waals surface area contributed by atoms with Crippen molar-refractivity contribution in [2.24, 2.45) is 0 Å². The van der Waals surface area contributed by atoms with Crippen molar-refractivity contribution in [3.05, 3.63) is 23.8 Å². The van der Waals surface area contributed by atoms with Crippen LogP contribution in [0.3, 0.4) is 0 Å². The SMILES string of the molecule is O=C1COc2ccc(C(=O)NCCCCN3CCCC3)cc2N1. The molecule has 6 heteroatoms. The molecule has 2 heterocycles. The van der Waals surface area contributed by atoms with Gasteiger partial charge in [-0.2, -0.15) is 0 Å². The Kier molecular flexibility index (Phi) is 5.12. The first-order chi connectivity index (χ1) is 11.2. The Morgan fingerprint density at radius 3 is 2.91 bits per heavy atom. The summed E-state index contributed by atoms with van der Waals surface area (Å²) in [5.74, 6) is 0.289. The predicted molar refractivity (Wildman–Crippen MR) is 87.8 cm³/mol. The summed E-state index contributed by atoms with van der Waals surface area (Å²) in [4.78, 5) is 26.0. The molecule has 3 rings (SSSR count). The average Bonchev–Trinajstić information content (AvgIpc) is 3.07. The van der Waals surface area contributed by atoms with E-state index in [1.165, 1.54) is 25.9 Å². The standard InChI is InChI=1S/C17H23N3O3/c21-16-12-23-15-6-5-13(11-14(15)19-16)17(22)18-7-1-2-8-20-9-3-4-10-20/h5-6,11H,1-4,7-10,12H2,(H,18,22)(H,19,21). The van der Waals surface area contributed by atoms with Crippen LogP contribution < -0.4 is 15.4 Å². The summed E-state index contributed by atoms with van der Waals surface area (Å²) in [5, 5.41) is 5.64. The van der Waals surface area contributed by atoms with E-state index >= 15 is 0 Å². The zero-order valence-electron chi connectivity index (χ0n) is 13.3. The summed E-state index contributed by atoms with van der Waals surface area (Å²) in [5.41, 5.74) is 1.09. The molecular formula is C17H23N3O3. The summed E-state index contributed by atoms with van der Waals surface area (Å²) < 4.78 is 5.28. The molecule has 6 nitrogen and oxygen atoms in total. The summed E-state index contributed by atoms with van der Waals surface area (Å²) in [6.45, 7) is 4.25. The number of hydrogen-bond acceptors (Lipinski definition) is 4. The zero-order chi connectivity index (χ0) is 16.1. The lowest BCUT2D eigenvalue weighted by atomic mass is 10.1. The van der Waals surface area contributed by atoms with Gasteiger partial charge in [-0.15, -0.1) is 0 Å². The molecule has 1 fully saturated rings. The Labute approximate surface area is 136 Å². The van der Waals surface area contributed by atoms with Gasteiger partial charge in [0.2, 0.25) is 0 Å². The first-order valence-electron chi connectivity index (χ1n) is 8.29. The second-order valence-corrected chi connectivity index (χ2v) is 6.06. The molecule has 0 radical (unpaired) electrons. The van der Waals surface area contributed by atoms with E-state index in [1.54, 1.807) is 18.2 Å². The van der Waals surface area contributed by atoms with Gasteiger partial charge in [0, 0.05) is 12.1 Å². The molecule has 0 bridgehead atoms. The van der Waals surface area contributed by atoms with E-state index in [9.17, 15) is 9.59 Å². The number of nitrogens with one attached hydrogen (secondary N) is 2. The van der Waals surface area contributed by atoms with Crippen molar-refractivity contribution >= 4 is 17.5 Å². The van der Waals surface area contributed by atoms with E-state index < -0.39 is 0 Å². The lowest BCUT2D eigenvalue weighted by molar-refractivity contribution is -0.118. The summed E-state index contributed by atoms with van der Waals surface area (Å²) in [6, 6.07) is 5.10. The van der Waals surface area contributed by atoms with Crippen LogP contribution in [0.5, 0.6) is 5.75 Å². The van der Waals surface area contributed by atoms with Gasteiger partial charge in [0.05, 0.1) is 5.69 Å². The number of hydrogen-bond donors (Lipinski definition) is 2. The number of carbonyl (C=O) groups excluding carboxylic acids is 2. The third kappa shape index (κ3) is 4.22. The topological polar surface area (TPSA) is 70.7 Å². The minimum Gasteiger partial charge on any atom is -0.482 e. The molecule has 0 aliphatic carbocycles. The van der Waals surface area contributed by atoms with Crippen molar-refractivity contribution in [3.63, 3.8) is 0 Å². The molecule has 1 aromatic rings. The second-order valence-electron chi connectivity index (χ2n) is 6.06. The lowest BCUT2D eigenvalue weighted by Crippen LogP contribution is -2.28. The second kappa shape index (κ2) is 7.46. The highest BCUT2D eigenvalue weighted by atomic mass is 16.5. The van der Waals surface area contributed by atoms with Gasteiger partial charge in [0.1, 0.15) is 5.75 Å². The lowest BCUT2D eigenvalue weighted by Gasteiger charge is -2.18. The molecular weight excluding hydrogens is 294 g/mol. The Hall–Kier alpha value is -2.08. The number of unbranched alkanes of at least 4 members (excludes halogenated alkanes) is 1. The van der Waals surface area contributed by atoms with E-state index in [4.69, 9.17) is 4.74 Å². The van der Waals surface area contributed by atoms with Gasteiger partial charge < -0.3 is 20.3 Å². The van der Waals surface area contributed by atoms with Gasteiger partial charge in [0.25, 0.3) is 11.8 Å². The molecule has 0 spiro atoms. The fourth-order valence-corrected chi connectivity index (χ4v) is 2.99. The van der Waals surface area contributed by atoms with Crippen molar-refractivity contribution in [2.75, 3.05) is 38.1 Å². The molecule has 2 aliphatic rings. The van der Waals surface area contributed by atoms with E-state index in [1.807, 2.05) is 0 Å². The van der Waals surface area contributed by atoms with Crippen LogP contribution in [0.4, 0.5) is 5.69 Å². The molecule has 0 atom stereocenters. The number of likely N-dealkylation sites (tertiary alicyclic amines) is 1. The number of anilines is 1. The molecule has 23 heavy (non-hydrogen) atoms. The van der Waals surface area contributed by atoms with Crippen molar-refractivity contribution in [2.45, 2.75) is 25.7 Å². The maximum absolute atomic E-state index is 12.2. The smallest absolute Gasteiger partial charge is 0.262 e. The van der Waals surface area contributed by atoms with Crippen LogP contribution in [-0.2, 0) is 4.79 Å². The number of amides is 2. The normalized spacial score (nSPS) is 17.3. The van der Waals surface area contributed by atoms with Gasteiger partial charge in [-0.05, 0) is 63.5 Å². The minimum atomic E-state index is -0.197. The number of rotatable bonds is 6. The van der Waals surface area contributed by atoms with Crippen molar-refractivity contribution in [3.8, 4) is 5.75 Å². The Balaban J connectivity index is 1.43. The van der Waals surface area contributed by atoms with E-state index in [0.717, 1.165) is 19.4 Å². The van der Waals surface area contributed by atoms with Crippen molar-refractivity contribution < 1.29 is 14.3 Å². The highest BCUT2D eigenvalue weighted by molar-refractivity contribution is 5.99. The minimum absolute atomic E-state index is 0.0234. The Morgan fingerprint density at radius 2 is 2.09 bits per heavy atom. The highest BCUT2D eigenvalue weighted by Gasteiger charge is 2.17. The number of benzene rings is 1.